The highest BCUT2D eigenvalue weighted by molar-refractivity contribution is 5.91. The zero-order chi connectivity index (χ0) is 11.3. The van der Waals surface area contributed by atoms with E-state index in [-0.39, 0.29) is 11.8 Å². The van der Waals surface area contributed by atoms with Gasteiger partial charge in [0.25, 0.3) is 0 Å². The van der Waals surface area contributed by atoms with Crippen LogP contribution in [-0.2, 0) is 11.2 Å². The molecule has 1 unspecified atom stereocenters. The number of carbonyl (C=O) groups is 1. The lowest BCUT2D eigenvalue weighted by molar-refractivity contribution is -0.119. The maximum atomic E-state index is 11.5. The molecule has 0 saturated carbocycles. The van der Waals surface area contributed by atoms with E-state index in [1.54, 1.807) is 0 Å². The molecular formula is C11H19N3O. The van der Waals surface area contributed by atoms with Crippen molar-refractivity contribution >= 4 is 11.7 Å². The predicted octanol–water partition coefficient (Wildman–Crippen LogP) is 2.35. The number of amides is 1. The second kappa shape index (κ2) is 5.53. The van der Waals surface area contributed by atoms with Crippen molar-refractivity contribution in [3.63, 3.8) is 0 Å². The summed E-state index contributed by atoms with van der Waals surface area (Å²) in [6.45, 7) is 6.02. The largest absolute Gasteiger partial charge is 0.309 e. The van der Waals surface area contributed by atoms with Gasteiger partial charge in [0.1, 0.15) is 0 Å². The number of nitrogens with one attached hydrogen (secondary N) is 2. The molecule has 1 amide bonds. The van der Waals surface area contributed by atoms with Gasteiger partial charge in [0.05, 0.1) is 0 Å². The van der Waals surface area contributed by atoms with Crippen molar-refractivity contribution in [3.05, 3.63) is 11.8 Å². The molecule has 0 spiro atoms. The second-order valence-electron chi connectivity index (χ2n) is 3.83. The molecule has 0 aromatic carbocycles. The Morgan fingerprint density at radius 3 is 2.93 bits per heavy atom. The van der Waals surface area contributed by atoms with Crippen LogP contribution in [0.1, 0.15) is 39.3 Å². The molecule has 4 heteroatoms. The third-order valence-corrected chi connectivity index (χ3v) is 2.46. The molecule has 1 heterocycles. The van der Waals surface area contributed by atoms with Crippen LogP contribution in [0.5, 0.6) is 0 Å². The minimum Gasteiger partial charge on any atom is -0.309 e. The highest BCUT2D eigenvalue weighted by atomic mass is 16.1. The number of aryl methyl sites for hydroxylation is 1. The van der Waals surface area contributed by atoms with Crippen molar-refractivity contribution in [1.82, 2.24) is 10.2 Å². The molecule has 1 aromatic rings. The van der Waals surface area contributed by atoms with Crippen molar-refractivity contribution in [2.45, 2.75) is 40.0 Å². The number of rotatable bonds is 5. The molecular weight excluding hydrogens is 190 g/mol. The molecule has 0 aliphatic heterocycles. The fourth-order valence-electron chi connectivity index (χ4n) is 1.26. The third kappa shape index (κ3) is 3.38. The first kappa shape index (κ1) is 11.8. The Bertz CT molecular complexity index is 319. The Kier molecular flexibility index (Phi) is 4.34. The summed E-state index contributed by atoms with van der Waals surface area (Å²) in [4.78, 5) is 11.5. The first-order valence-corrected chi connectivity index (χ1v) is 5.52. The number of anilines is 1. The van der Waals surface area contributed by atoms with Gasteiger partial charge in [0.15, 0.2) is 5.82 Å². The molecule has 84 valence electrons. The predicted molar refractivity (Wildman–Crippen MR) is 60.7 cm³/mol. The number of nitrogens with zero attached hydrogens (tertiary/aromatic N) is 1. The highest BCUT2D eigenvalue weighted by Gasteiger charge is 2.11. The van der Waals surface area contributed by atoms with Gasteiger partial charge in [-0.3, -0.25) is 9.89 Å². The van der Waals surface area contributed by atoms with Crippen LogP contribution in [0.15, 0.2) is 6.07 Å². The van der Waals surface area contributed by atoms with Crippen LogP contribution in [0.2, 0.25) is 0 Å². The number of carbonyl (C=O) groups excluding carboxylic acids is 1. The van der Waals surface area contributed by atoms with Crippen molar-refractivity contribution in [2.75, 3.05) is 5.32 Å². The van der Waals surface area contributed by atoms with E-state index < -0.39 is 0 Å². The maximum absolute atomic E-state index is 11.5. The standard InChI is InChI=1S/C11H19N3O/c1-4-6-9-7-10(14-13-9)12-11(15)8(3)5-2/h7-8H,4-6H2,1-3H3,(H2,12,13,14,15). The van der Waals surface area contributed by atoms with E-state index in [1.165, 1.54) is 0 Å². The second-order valence-corrected chi connectivity index (χ2v) is 3.83. The lowest BCUT2D eigenvalue weighted by Gasteiger charge is -2.06. The molecule has 0 aliphatic carbocycles. The van der Waals surface area contributed by atoms with Crippen LogP contribution >= 0.6 is 0 Å². The van der Waals surface area contributed by atoms with Crippen LogP contribution in [0.3, 0.4) is 0 Å². The van der Waals surface area contributed by atoms with Gasteiger partial charge in [0, 0.05) is 17.7 Å². The number of H-pyrrole nitrogens is 1. The Morgan fingerprint density at radius 1 is 1.60 bits per heavy atom. The Hall–Kier alpha value is -1.32. The van der Waals surface area contributed by atoms with Crippen LogP contribution in [0.25, 0.3) is 0 Å². The molecule has 0 fully saturated rings. The van der Waals surface area contributed by atoms with Crippen molar-refractivity contribution in [1.29, 1.82) is 0 Å². The van der Waals surface area contributed by atoms with E-state index in [9.17, 15) is 4.79 Å². The van der Waals surface area contributed by atoms with Crippen LogP contribution in [0, 0.1) is 5.92 Å². The van der Waals surface area contributed by atoms with Gasteiger partial charge in [-0.1, -0.05) is 27.2 Å². The average Bonchev–Trinajstić information content (AvgIpc) is 2.65. The van der Waals surface area contributed by atoms with Gasteiger partial charge in [-0.2, -0.15) is 5.10 Å². The van der Waals surface area contributed by atoms with E-state index in [0.29, 0.717) is 5.82 Å². The molecule has 0 radical (unpaired) electrons. The summed E-state index contributed by atoms with van der Waals surface area (Å²) < 4.78 is 0. The minimum absolute atomic E-state index is 0.0343. The smallest absolute Gasteiger partial charge is 0.228 e. The fourth-order valence-corrected chi connectivity index (χ4v) is 1.26. The summed E-state index contributed by atoms with van der Waals surface area (Å²) in [5.41, 5.74) is 1.07. The van der Waals surface area contributed by atoms with Gasteiger partial charge in [0.2, 0.25) is 5.91 Å². The topological polar surface area (TPSA) is 57.8 Å². The molecule has 1 rings (SSSR count). The molecule has 15 heavy (non-hydrogen) atoms. The van der Waals surface area contributed by atoms with Crippen LogP contribution < -0.4 is 5.32 Å². The monoisotopic (exact) mass is 209 g/mol. The summed E-state index contributed by atoms with van der Waals surface area (Å²) in [5.74, 6) is 0.701. The van der Waals surface area contributed by atoms with Gasteiger partial charge >= 0.3 is 0 Å². The summed E-state index contributed by atoms with van der Waals surface area (Å²) >= 11 is 0. The summed E-state index contributed by atoms with van der Waals surface area (Å²) in [6, 6.07) is 1.89. The molecule has 1 atom stereocenters. The Balaban J connectivity index is 2.53. The van der Waals surface area contributed by atoms with E-state index in [1.807, 2.05) is 19.9 Å². The number of hydrogen-bond donors (Lipinski definition) is 2. The van der Waals surface area contributed by atoms with Gasteiger partial charge < -0.3 is 5.32 Å². The Morgan fingerprint density at radius 2 is 2.33 bits per heavy atom. The van der Waals surface area contributed by atoms with E-state index in [2.05, 4.69) is 22.4 Å². The molecule has 0 saturated heterocycles. The third-order valence-electron chi connectivity index (χ3n) is 2.46. The van der Waals surface area contributed by atoms with E-state index in [0.717, 1.165) is 25.0 Å². The summed E-state index contributed by atoms with van der Waals surface area (Å²) in [5, 5.41) is 9.73. The van der Waals surface area contributed by atoms with Gasteiger partial charge in [-0.15, -0.1) is 0 Å². The normalized spacial score (nSPS) is 12.5. The summed E-state index contributed by atoms with van der Waals surface area (Å²) in [7, 11) is 0. The average molecular weight is 209 g/mol. The van der Waals surface area contributed by atoms with Crippen molar-refractivity contribution in [3.8, 4) is 0 Å². The van der Waals surface area contributed by atoms with Crippen LogP contribution in [-0.4, -0.2) is 16.1 Å². The molecule has 0 bridgehead atoms. The SMILES string of the molecule is CCCc1cc(NC(=O)C(C)CC)n[nH]1. The van der Waals surface area contributed by atoms with E-state index >= 15 is 0 Å². The van der Waals surface area contributed by atoms with Gasteiger partial charge in [-0.05, 0) is 12.8 Å². The lowest BCUT2D eigenvalue weighted by atomic mass is 10.1. The minimum atomic E-state index is 0.0343. The Labute approximate surface area is 90.5 Å². The van der Waals surface area contributed by atoms with E-state index in [4.69, 9.17) is 0 Å². The maximum Gasteiger partial charge on any atom is 0.228 e. The number of aromatic nitrogens is 2. The fraction of sp³-hybridized carbons (Fsp3) is 0.636. The van der Waals surface area contributed by atoms with Crippen molar-refractivity contribution < 1.29 is 4.79 Å². The number of aromatic amines is 1. The quantitative estimate of drug-likeness (QED) is 0.782. The first-order valence-electron chi connectivity index (χ1n) is 5.52. The number of hydrogen-bond acceptors (Lipinski definition) is 2. The molecule has 4 nitrogen and oxygen atoms in total. The highest BCUT2D eigenvalue weighted by Crippen LogP contribution is 2.10. The lowest BCUT2D eigenvalue weighted by Crippen LogP contribution is -2.19. The molecule has 1 aromatic heterocycles. The van der Waals surface area contributed by atoms with Gasteiger partial charge in [-0.25, -0.2) is 0 Å². The first-order chi connectivity index (χ1) is 7.17. The molecule has 0 aliphatic rings. The zero-order valence-electron chi connectivity index (χ0n) is 9.63. The zero-order valence-corrected chi connectivity index (χ0v) is 9.63. The molecule has 2 N–H and O–H groups in total. The summed E-state index contributed by atoms with van der Waals surface area (Å²) in [6.07, 6.45) is 2.88. The van der Waals surface area contributed by atoms with Crippen molar-refractivity contribution in [2.24, 2.45) is 5.92 Å². The van der Waals surface area contributed by atoms with Crippen LogP contribution in [0.4, 0.5) is 5.82 Å².